The van der Waals surface area contributed by atoms with Crippen molar-refractivity contribution in [3.05, 3.63) is 58.4 Å². The topological polar surface area (TPSA) is 96.6 Å². The van der Waals surface area contributed by atoms with Crippen LogP contribution in [-0.2, 0) is 0 Å². The second-order valence-corrected chi connectivity index (χ2v) is 4.04. The summed E-state index contributed by atoms with van der Waals surface area (Å²) in [4.78, 5) is 27.0. The number of carboxylic acid groups (broad SMARTS) is 1. The average Bonchev–Trinajstić information content (AvgIpc) is 2.46. The van der Waals surface area contributed by atoms with Gasteiger partial charge in [0.15, 0.2) is 0 Å². The molecule has 7 nitrogen and oxygen atoms in total. The summed E-state index contributed by atoms with van der Waals surface area (Å²) in [5.41, 5.74) is 0.642. The van der Waals surface area contributed by atoms with Crippen molar-refractivity contribution in [2.24, 2.45) is 0 Å². The first kappa shape index (κ1) is 13.5. The van der Waals surface area contributed by atoms with Crippen LogP contribution in [0.5, 0.6) is 0 Å². The summed E-state index contributed by atoms with van der Waals surface area (Å²) in [6.07, 6.45) is 3.12. The van der Waals surface area contributed by atoms with E-state index in [-0.39, 0.29) is 16.9 Å². The van der Waals surface area contributed by atoms with Crippen molar-refractivity contribution < 1.29 is 14.8 Å². The number of hydrogen-bond acceptors (Lipinski definition) is 5. The summed E-state index contributed by atoms with van der Waals surface area (Å²) < 4.78 is 0. The van der Waals surface area contributed by atoms with Gasteiger partial charge in [0.05, 0.1) is 22.4 Å². The zero-order chi connectivity index (χ0) is 14.7. The highest BCUT2D eigenvalue weighted by atomic mass is 16.6. The molecule has 0 atom stereocenters. The molecule has 2 rings (SSSR count). The summed E-state index contributed by atoms with van der Waals surface area (Å²) in [5, 5.41) is 20.0. The van der Waals surface area contributed by atoms with Crippen LogP contribution in [0.3, 0.4) is 0 Å². The Hall–Kier alpha value is -2.96. The molecular weight excluding hydrogens is 262 g/mol. The number of benzene rings is 1. The number of anilines is 2. The predicted octanol–water partition coefficient (Wildman–Crippen LogP) is 2.46. The van der Waals surface area contributed by atoms with E-state index >= 15 is 0 Å². The van der Waals surface area contributed by atoms with Crippen LogP contribution >= 0.6 is 0 Å². The number of nitrogens with zero attached hydrogens (tertiary/aromatic N) is 3. The first-order valence-corrected chi connectivity index (χ1v) is 5.66. The number of nitro benzene ring substituents is 1. The van der Waals surface area contributed by atoms with Crippen molar-refractivity contribution in [2.75, 3.05) is 11.9 Å². The fourth-order valence-corrected chi connectivity index (χ4v) is 1.77. The number of carbonyl (C=O) groups is 1. The van der Waals surface area contributed by atoms with Gasteiger partial charge in [-0.05, 0) is 24.3 Å². The van der Waals surface area contributed by atoms with E-state index in [1.807, 2.05) is 0 Å². The van der Waals surface area contributed by atoms with E-state index in [0.717, 1.165) is 0 Å². The molecule has 0 aliphatic heterocycles. The lowest BCUT2D eigenvalue weighted by Gasteiger charge is -2.19. The Labute approximate surface area is 114 Å². The molecule has 0 aliphatic rings. The highest BCUT2D eigenvalue weighted by molar-refractivity contribution is 5.90. The van der Waals surface area contributed by atoms with Gasteiger partial charge < -0.3 is 10.0 Å². The SMILES string of the molecule is CN(c1cccnc1)c1cc(C(=O)O)ccc1[N+](=O)[O-]. The third-order valence-corrected chi connectivity index (χ3v) is 2.81. The zero-order valence-electron chi connectivity index (χ0n) is 10.6. The van der Waals surface area contributed by atoms with Gasteiger partial charge in [-0.3, -0.25) is 15.1 Å². The van der Waals surface area contributed by atoms with Crippen LogP contribution in [0.2, 0.25) is 0 Å². The van der Waals surface area contributed by atoms with Crippen LogP contribution in [0, 0.1) is 10.1 Å². The molecular formula is C13H11N3O4. The molecule has 0 spiro atoms. The quantitative estimate of drug-likeness (QED) is 0.678. The second-order valence-electron chi connectivity index (χ2n) is 4.04. The Morgan fingerprint density at radius 1 is 1.40 bits per heavy atom. The fraction of sp³-hybridized carbons (Fsp3) is 0.0769. The van der Waals surface area contributed by atoms with Crippen molar-refractivity contribution >= 4 is 23.0 Å². The Kier molecular flexibility index (Phi) is 3.60. The first-order chi connectivity index (χ1) is 9.50. The van der Waals surface area contributed by atoms with Gasteiger partial charge in [-0.1, -0.05) is 0 Å². The number of aromatic carboxylic acids is 1. The van der Waals surface area contributed by atoms with Gasteiger partial charge in [0.2, 0.25) is 0 Å². The molecule has 0 fully saturated rings. The Morgan fingerprint density at radius 2 is 2.15 bits per heavy atom. The van der Waals surface area contributed by atoms with Gasteiger partial charge >= 0.3 is 5.97 Å². The molecule has 20 heavy (non-hydrogen) atoms. The summed E-state index contributed by atoms with van der Waals surface area (Å²) in [5.74, 6) is -1.14. The molecule has 0 amide bonds. The molecule has 0 bridgehead atoms. The van der Waals surface area contributed by atoms with E-state index in [1.165, 1.54) is 29.3 Å². The lowest BCUT2D eigenvalue weighted by Crippen LogP contribution is -2.13. The largest absolute Gasteiger partial charge is 0.478 e. The van der Waals surface area contributed by atoms with Crippen molar-refractivity contribution in [3.8, 4) is 0 Å². The van der Waals surface area contributed by atoms with Gasteiger partial charge in [0, 0.05) is 19.3 Å². The molecule has 0 aliphatic carbocycles. The molecule has 0 unspecified atom stereocenters. The van der Waals surface area contributed by atoms with Crippen molar-refractivity contribution in [3.63, 3.8) is 0 Å². The molecule has 1 aromatic carbocycles. The standard InChI is InChI=1S/C13H11N3O4/c1-15(10-3-2-6-14-8-10)12-7-9(13(17)18)4-5-11(12)16(19)20/h2-8H,1H3,(H,17,18). The van der Waals surface area contributed by atoms with E-state index in [1.54, 1.807) is 25.4 Å². The third kappa shape index (κ3) is 2.56. The second kappa shape index (κ2) is 5.35. The molecule has 1 aromatic heterocycles. The van der Waals surface area contributed by atoms with E-state index < -0.39 is 10.9 Å². The highest BCUT2D eigenvalue weighted by Crippen LogP contribution is 2.32. The maximum Gasteiger partial charge on any atom is 0.335 e. The first-order valence-electron chi connectivity index (χ1n) is 5.66. The van der Waals surface area contributed by atoms with Gasteiger partial charge in [-0.25, -0.2) is 4.79 Å². The summed E-state index contributed by atoms with van der Waals surface area (Å²) in [7, 11) is 1.62. The van der Waals surface area contributed by atoms with E-state index in [4.69, 9.17) is 5.11 Å². The number of carboxylic acids is 1. The lowest BCUT2D eigenvalue weighted by molar-refractivity contribution is -0.384. The molecule has 0 saturated carbocycles. The molecule has 102 valence electrons. The van der Waals surface area contributed by atoms with Crippen LogP contribution in [0.1, 0.15) is 10.4 Å². The Balaban J connectivity index is 2.55. The van der Waals surface area contributed by atoms with Gasteiger partial charge in [0.1, 0.15) is 5.69 Å². The van der Waals surface area contributed by atoms with Crippen LogP contribution < -0.4 is 4.90 Å². The molecule has 2 aromatic rings. The van der Waals surface area contributed by atoms with E-state index in [9.17, 15) is 14.9 Å². The Bertz CT molecular complexity index is 658. The smallest absolute Gasteiger partial charge is 0.335 e. The third-order valence-electron chi connectivity index (χ3n) is 2.81. The highest BCUT2D eigenvalue weighted by Gasteiger charge is 2.20. The van der Waals surface area contributed by atoms with Gasteiger partial charge in [-0.15, -0.1) is 0 Å². The lowest BCUT2D eigenvalue weighted by atomic mass is 10.1. The number of rotatable bonds is 4. The molecule has 0 radical (unpaired) electrons. The van der Waals surface area contributed by atoms with Gasteiger partial charge in [-0.2, -0.15) is 0 Å². The molecule has 0 saturated heterocycles. The minimum atomic E-state index is -1.14. The maximum atomic E-state index is 11.1. The Morgan fingerprint density at radius 3 is 2.70 bits per heavy atom. The number of hydrogen-bond donors (Lipinski definition) is 1. The summed E-state index contributed by atoms with van der Waals surface area (Å²) >= 11 is 0. The molecule has 7 heteroatoms. The number of nitro groups is 1. The predicted molar refractivity (Wildman–Crippen MR) is 72.4 cm³/mol. The van der Waals surface area contributed by atoms with E-state index in [0.29, 0.717) is 5.69 Å². The number of pyridine rings is 1. The molecule has 1 N–H and O–H groups in total. The van der Waals surface area contributed by atoms with Gasteiger partial charge in [0.25, 0.3) is 5.69 Å². The molecule has 1 heterocycles. The summed E-state index contributed by atoms with van der Waals surface area (Å²) in [6, 6.07) is 7.09. The zero-order valence-corrected chi connectivity index (χ0v) is 10.6. The van der Waals surface area contributed by atoms with Crippen molar-refractivity contribution in [1.29, 1.82) is 0 Å². The van der Waals surface area contributed by atoms with Crippen LogP contribution in [-0.4, -0.2) is 28.0 Å². The van der Waals surface area contributed by atoms with Crippen LogP contribution in [0.25, 0.3) is 0 Å². The van der Waals surface area contributed by atoms with Crippen LogP contribution in [0.4, 0.5) is 17.1 Å². The normalized spacial score (nSPS) is 10.1. The average molecular weight is 273 g/mol. The number of aromatic nitrogens is 1. The summed E-state index contributed by atoms with van der Waals surface area (Å²) in [6.45, 7) is 0. The minimum absolute atomic E-state index is 0.0126. The maximum absolute atomic E-state index is 11.1. The van der Waals surface area contributed by atoms with Crippen molar-refractivity contribution in [2.45, 2.75) is 0 Å². The van der Waals surface area contributed by atoms with Crippen LogP contribution in [0.15, 0.2) is 42.7 Å². The van der Waals surface area contributed by atoms with E-state index in [2.05, 4.69) is 4.98 Å². The monoisotopic (exact) mass is 273 g/mol. The minimum Gasteiger partial charge on any atom is -0.478 e. The fourth-order valence-electron chi connectivity index (χ4n) is 1.77. The van der Waals surface area contributed by atoms with Crippen molar-refractivity contribution in [1.82, 2.24) is 4.98 Å².